The highest BCUT2D eigenvalue weighted by atomic mass is 79.9. The van der Waals surface area contributed by atoms with Gasteiger partial charge in [0.05, 0.1) is 51.2 Å². The number of carbonyl (C=O) groups is 1. The van der Waals surface area contributed by atoms with E-state index in [9.17, 15) is 23.2 Å². The van der Waals surface area contributed by atoms with Gasteiger partial charge in [0, 0.05) is 37.3 Å². The van der Waals surface area contributed by atoms with Crippen molar-refractivity contribution < 1.29 is 32.6 Å². The average Bonchev–Trinajstić information content (AvgIpc) is 3.68. The van der Waals surface area contributed by atoms with E-state index in [1.54, 1.807) is 11.6 Å². The summed E-state index contributed by atoms with van der Waals surface area (Å²) in [7, 11) is 0. The number of amides is 1. The van der Waals surface area contributed by atoms with Crippen molar-refractivity contribution in [2.45, 2.75) is 83.0 Å². The van der Waals surface area contributed by atoms with Crippen molar-refractivity contribution in [2.24, 2.45) is 0 Å². The van der Waals surface area contributed by atoms with Crippen LogP contribution in [-0.4, -0.2) is 79.2 Å². The number of aromatic nitrogens is 4. The van der Waals surface area contributed by atoms with Gasteiger partial charge in [0.15, 0.2) is 5.69 Å². The van der Waals surface area contributed by atoms with E-state index in [-0.39, 0.29) is 48.1 Å². The summed E-state index contributed by atoms with van der Waals surface area (Å²) < 4.78 is 57.5. The van der Waals surface area contributed by atoms with Gasteiger partial charge in [0.2, 0.25) is 0 Å². The number of ether oxygens (including phenoxy) is 2. The average molecular weight is 770 g/mol. The van der Waals surface area contributed by atoms with Crippen molar-refractivity contribution in [1.82, 2.24) is 29.7 Å². The summed E-state index contributed by atoms with van der Waals surface area (Å²) in [5.74, 6) is -0.0813. The molecular weight excluding hydrogens is 733 g/mol. The van der Waals surface area contributed by atoms with E-state index in [0.29, 0.717) is 65.0 Å². The van der Waals surface area contributed by atoms with E-state index >= 15 is 0 Å². The Morgan fingerprint density at radius 2 is 1.96 bits per heavy atom. The summed E-state index contributed by atoms with van der Waals surface area (Å²) in [4.78, 5) is 27.0. The fraction of sp³-hybridized carbons (Fsp3) is 0.562. The van der Waals surface area contributed by atoms with Crippen LogP contribution in [-0.2, 0) is 37.0 Å². The third-order valence-corrected chi connectivity index (χ3v) is 11.2. The molecule has 17 heteroatoms. The molecule has 3 N–H and O–H groups in total. The van der Waals surface area contributed by atoms with E-state index in [1.807, 2.05) is 4.90 Å². The number of hydrogen-bond donors (Lipinski definition) is 2. The zero-order valence-corrected chi connectivity index (χ0v) is 29.2. The number of halogens is 5. The molecule has 2 aromatic heterocycles. The Kier molecular flexibility index (Phi) is 9.22. The minimum Gasteiger partial charge on any atom is -0.461 e. The molecule has 1 aromatic carbocycles. The summed E-state index contributed by atoms with van der Waals surface area (Å²) in [6.07, 6.45) is -0.858. The van der Waals surface area contributed by atoms with Crippen LogP contribution in [0, 0.1) is 0 Å². The first-order valence-corrected chi connectivity index (χ1v) is 17.6. The molecule has 2 fully saturated rings. The topological polar surface area (TPSA) is 135 Å². The Morgan fingerprint density at radius 1 is 1.20 bits per heavy atom. The molecule has 0 aliphatic carbocycles. The Morgan fingerprint density at radius 3 is 2.67 bits per heavy atom. The number of aryl methyl sites for hydroxylation is 1. The smallest absolute Gasteiger partial charge is 0.418 e. The predicted octanol–water partition coefficient (Wildman–Crippen LogP) is 5.77. The molecule has 0 spiro atoms. The number of anilines is 2. The van der Waals surface area contributed by atoms with E-state index in [4.69, 9.17) is 36.8 Å². The van der Waals surface area contributed by atoms with Crippen molar-refractivity contribution in [3.8, 4) is 6.01 Å². The Balaban J connectivity index is 1.26. The molecular formula is C32H37BrClF3N8O4. The molecule has 2 saturated heterocycles. The lowest BCUT2D eigenvalue weighted by molar-refractivity contribution is -0.139. The van der Waals surface area contributed by atoms with Crippen LogP contribution in [0.4, 0.5) is 24.7 Å². The number of carbonyl (C=O) groups excluding carboxylic acids is 1. The second kappa shape index (κ2) is 13.2. The molecule has 12 nitrogen and oxygen atoms in total. The molecule has 3 aromatic rings. The van der Waals surface area contributed by atoms with Crippen molar-refractivity contribution >= 4 is 44.9 Å². The van der Waals surface area contributed by atoms with Crippen LogP contribution >= 0.6 is 27.5 Å². The van der Waals surface area contributed by atoms with Gasteiger partial charge in [-0.15, -0.1) is 0 Å². The van der Waals surface area contributed by atoms with Crippen LogP contribution in [0.25, 0.3) is 0 Å². The minimum atomic E-state index is -4.73. The van der Waals surface area contributed by atoms with E-state index in [1.165, 1.54) is 6.07 Å². The van der Waals surface area contributed by atoms with E-state index < -0.39 is 28.8 Å². The molecule has 0 bridgehead atoms. The second-order valence-corrected chi connectivity index (χ2v) is 14.3. The number of nitrogens with two attached hydrogens (primary N) is 1. The number of benzene rings is 1. The SMILES string of the molecule is CCN(O)C(=O)c1nn2c(c1Br)CN(c1nc(OCC34CCCN3CCC4)nc3c1COC(c1cc(N)cc(Cl)c1C(F)(F)F)C3)CCC2. The molecule has 6 heterocycles. The number of hydrogen-bond acceptors (Lipinski definition) is 10. The number of nitrogens with zero attached hydrogens (tertiary/aromatic N) is 7. The fourth-order valence-electron chi connectivity index (χ4n) is 7.68. The first kappa shape index (κ1) is 34.3. The molecule has 4 aliphatic rings. The van der Waals surface area contributed by atoms with Gasteiger partial charge in [-0.25, -0.2) is 5.06 Å². The molecule has 0 saturated carbocycles. The maximum atomic E-state index is 14.2. The van der Waals surface area contributed by atoms with Crippen LogP contribution < -0.4 is 15.4 Å². The van der Waals surface area contributed by atoms with Gasteiger partial charge in [-0.2, -0.15) is 28.2 Å². The summed E-state index contributed by atoms with van der Waals surface area (Å²) >= 11 is 9.64. The zero-order chi connectivity index (χ0) is 34.7. The summed E-state index contributed by atoms with van der Waals surface area (Å²) in [6.45, 7) is 5.52. The number of alkyl halides is 3. The normalized spacial score (nSPS) is 20.5. The molecule has 49 heavy (non-hydrogen) atoms. The molecule has 264 valence electrons. The second-order valence-electron chi connectivity index (χ2n) is 13.1. The van der Waals surface area contributed by atoms with Gasteiger partial charge in [0.25, 0.3) is 5.91 Å². The number of rotatable bonds is 7. The molecule has 0 radical (unpaired) electrons. The standard InChI is InChI=1S/C32H37BrClF3N8O4/c1-2-45(47)29(46)27-26(33)23-15-42(8-5-11-44(23)41-27)28-20-16-48-24(19-12-18(38)13-21(34)25(19)32(35,36)37)14-22(20)39-30(40-28)49-17-31-6-3-9-43(31)10-4-7-31/h12-13,24,47H,2-11,14-17,38H2,1H3. The van der Waals surface area contributed by atoms with Crippen LogP contribution in [0.1, 0.15) is 83.7 Å². The lowest BCUT2D eigenvalue weighted by Gasteiger charge is -2.33. The number of hydroxylamine groups is 2. The van der Waals surface area contributed by atoms with Crippen molar-refractivity contribution in [3.63, 3.8) is 0 Å². The molecule has 4 aliphatic heterocycles. The minimum absolute atomic E-state index is 0.0127. The van der Waals surface area contributed by atoms with E-state index in [2.05, 4.69) is 25.9 Å². The van der Waals surface area contributed by atoms with Gasteiger partial charge >= 0.3 is 12.2 Å². The lowest BCUT2D eigenvalue weighted by atomic mass is 9.94. The van der Waals surface area contributed by atoms with Crippen molar-refractivity contribution in [3.05, 3.63) is 55.4 Å². The molecule has 1 atom stereocenters. The highest BCUT2D eigenvalue weighted by Crippen LogP contribution is 2.45. The highest BCUT2D eigenvalue weighted by molar-refractivity contribution is 9.10. The van der Waals surface area contributed by atoms with Gasteiger partial charge in [-0.3, -0.25) is 19.6 Å². The lowest BCUT2D eigenvalue weighted by Crippen LogP contribution is -2.43. The quantitative estimate of drug-likeness (QED) is 0.173. The summed E-state index contributed by atoms with van der Waals surface area (Å²) in [5, 5.41) is 14.7. The van der Waals surface area contributed by atoms with E-state index in [0.717, 1.165) is 44.8 Å². The largest absolute Gasteiger partial charge is 0.461 e. The maximum absolute atomic E-state index is 14.2. The third-order valence-electron chi connectivity index (χ3n) is 10.1. The molecule has 7 rings (SSSR count). The van der Waals surface area contributed by atoms with Crippen LogP contribution in [0.3, 0.4) is 0 Å². The summed E-state index contributed by atoms with van der Waals surface area (Å²) in [6, 6.07) is 2.50. The monoisotopic (exact) mass is 768 g/mol. The Labute approximate surface area is 294 Å². The van der Waals surface area contributed by atoms with Crippen molar-refractivity contribution in [1.29, 1.82) is 0 Å². The first-order chi connectivity index (χ1) is 23.4. The maximum Gasteiger partial charge on any atom is 0.418 e. The van der Waals surface area contributed by atoms with Crippen LogP contribution in [0.15, 0.2) is 16.6 Å². The third kappa shape index (κ3) is 6.34. The fourth-order valence-corrected chi connectivity index (χ4v) is 8.61. The first-order valence-electron chi connectivity index (χ1n) is 16.4. The highest BCUT2D eigenvalue weighted by Gasteiger charge is 2.45. The number of fused-ring (bicyclic) bond motifs is 3. The molecule has 1 unspecified atom stereocenters. The van der Waals surface area contributed by atoms with Crippen LogP contribution in [0.5, 0.6) is 6.01 Å². The predicted molar refractivity (Wildman–Crippen MR) is 176 cm³/mol. The number of nitrogen functional groups attached to an aromatic ring is 1. The van der Waals surface area contributed by atoms with Gasteiger partial charge < -0.3 is 20.1 Å². The van der Waals surface area contributed by atoms with Gasteiger partial charge in [-0.05, 0) is 85.7 Å². The van der Waals surface area contributed by atoms with Gasteiger partial charge in [-0.1, -0.05) is 11.6 Å². The Bertz CT molecular complexity index is 1760. The Hall–Kier alpha value is -3.18. The summed E-state index contributed by atoms with van der Waals surface area (Å²) in [5.41, 5.74) is 6.81. The zero-order valence-electron chi connectivity index (χ0n) is 26.9. The molecule has 1 amide bonds. The van der Waals surface area contributed by atoms with Crippen LogP contribution in [0.2, 0.25) is 5.02 Å². The van der Waals surface area contributed by atoms with Crippen molar-refractivity contribution in [2.75, 3.05) is 43.4 Å². The van der Waals surface area contributed by atoms with Gasteiger partial charge in [0.1, 0.15) is 12.4 Å².